The Morgan fingerprint density at radius 3 is 1.25 bits per heavy atom. The third-order valence-corrected chi connectivity index (χ3v) is 4.86. The summed E-state index contributed by atoms with van der Waals surface area (Å²) in [7, 11) is 1.32. The standard InChI is InChI=1S/C11H25Si/c1-7(2)10(8(3)4)11(12)9(5)6/h7-9,11H,1-6,12H3. The monoisotopic (exact) mass is 185 g/mol. The van der Waals surface area contributed by atoms with E-state index in [0.29, 0.717) is 0 Å². The van der Waals surface area contributed by atoms with Gasteiger partial charge in [0, 0.05) is 10.2 Å². The molecule has 0 heterocycles. The van der Waals surface area contributed by atoms with Gasteiger partial charge in [0.05, 0.1) is 0 Å². The highest BCUT2D eigenvalue weighted by Crippen LogP contribution is 2.37. The molecule has 0 saturated carbocycles. The first-order valence-corrected chi connectivity index (χ1v) is 6.40. The van der Waals surface area contributed by atoms with Crippen molar-refractivity contribution in [1.29, 1.82) is 0 Å². The van der Waals surface area contributed by atoms with Crippen molar-refractivity contribution >= 4 is 10.2 Å². The Labute approximate surface area is 81.6 Å². The van der Waals surface area contributed by atoms with E-state index in [1.165, 1.54) is 10.2 Å². The van der Waals surface area contributed by atoms with Crippen LogP contribution in [0.5, 0.6) is 0 Å². The van der Waals surface area contributed by atoms with Crippen molar-refractivity contribution in [1.82, 2.24) is 0 Å². The maximum Gasteiger partial charge on any atom is 0.00781 e. The van der Waals surface area contributed by atoms with Gasteiger partial charge in [-0.15, -0.1) is 0 Å². The quantitative estimate of drug-likeness (QED) is 0.591. The molecule has 1 atom stereocenters. The lowest BCUT2D eigenvalue weighted by Gasteiger charge is -2.32. The summed E-state index contributed by atoms with van der Waals surface area (Å²) in [5.74, 6) is 4.18. The molecule has 0 fully saturated rings. The van der Waals surface area contributed by atoms with Gasteiger partial charge in [0.15, 0.2) is 0 Å². The summed E-state index contributed by atoms with van der Waals surface area (Å²) in [5.41, 5.74) is 0.907. The van der Waals surface area contributed by atoms with Crippen molar-refractivity contribution in [2.24, 2.45) is 17.8 Å². The van der Waals surface area contributed by atoms with Crippen LogP contribution in [0.15, 0.2) is 0 Å². The SMILES string of the molecule is CC(C)[C](C(C)C)C([SiH3])C(C)C. The minimum Gasteiger partial charge on any atom is -0.0628 e. The van der Waals surface area contributed by atoms with Crippen LogP contribution in [0.25, 0.3) is 0 Å². The third-order valence-electron chi connectivity index (χ3n) is 2.86. The minimum absolute atomic E-state index is 0.773. The zero-order chi connectivity index (χ0) is 9.89. The molecule has 0 aliphatic carbocycles. The van der Waals surface area contributed by atoms with E-state index in [-0.39, 0.29) is 0 Å². The first-order chi connectivity index (χ1) is 5.37. The molecule has 1 radical (unpaired) electrons. The first kappa shape index (κ1) is 12.2. The highest BCUT2D eigenvalue weighted by atomic mass is 28.1. The van der Waals surface area contributed by atoms with Gasteiger partial charge in [0.2, 0.25) is 0 Å². The largest absolute Gasteiger partial charge is 0.0628 e. The predicted octanol–water partition coefficient (Wildman–Crippen LogP) is 2.68. The predicted molar refractivity (Wildman–Crippen MR) is 61.4 cm³/mol. The zero-order valence-corrected chi connectivity index (χ0v) is 11.8. The van der Waals surface area contributed by atoms with Gasteiger partial charge < -0.3 is 0 Å². The second-order valence-electron chi connectivity index (χ2n) is 4.84. The fourth-order valence-corrected chi connectivity index (χ4v) is 3.44. The Kier molecular flexibility index (Phi) is 5.15. The molecular weight excluding hydrogens is 160 g/mol. The van der Waals surface area contributed by atoms with Gasteiger partial charge in [-0.2, -0.15) is 0 Å². The van der Waals surface area contributed by atoms with Gasteiger partial charge in [-0.25, -0.2) is 0 Å². The molecule has 0 aliphatic rings. The Balaban J connectivity index is 4.30. The van der Waals surface area contributed by atoms with Gasteiger partial charge in [-0.1, -0.05) is 41.5 Å². The summed E-state index contributed by atoms with van der Waals surface area (Å²) < 4.78 is 0. The summed E-state index contributed by atoms with van der Waals surface area (Å²) in [4.78, 5) is 0. The van der Waals surface area contributed by atoms with Crippen molar-refractivity contribution in [2.75, 3.05) is 0 Å². The average Bonchev–Trinajstić information content (AvgIpc) is 1.85. The Hall–Kier alpha value is 0.217. The van der Waals surface area contributed by atoms with Crippen LogP contribution in [-0.4, -0.2) is 10.2 Å². The summed E-state index contributed by atoms with van der Waals surface area (Å²) in [6.07, 6.45) is 0. The molecular formula is C11H25Si. The highest BCUT2D eigenvalue weighted by molar-refractivity contribution is 6.13. The van der Waals surface area contributed by atoms with Gasteiger partial charge in [-0.3, -0.25) is 0 Å². The molecule has 0 spiro atoms. The minimum atomic E-state index is 0.773. The molecule has 0 aliphatic heterocycles. The van der Waals surface area contributed by atoms with Crippen LogP contribution in [0, 0.1) is 23.7 Å². The highest BCUT2D eigenvalue weighted by Gasteiger charge is 2.26. The maximum absolute atomic E-state index is 2.35. The second kappa shape index (κ2) is 5.06. The van der Waals surface area contributed by atoms with Crippen LogP contribution in [-0.2, 0) is 0 Å². The van der Waals surface area contributed by atoms with Crippen LogP contribution < -0.4 is 0 Å². The molecule has 73 valence electrons. The van der Waals surface area contributed by atoms with E-state index < -0.39 is 0 Å². The normalized spacial score (nSPS) is 15.5. The molecule has 0 aromatic carbocycles. The molecule has 0 nitrogen and oxygen atoms in total. The van der Waals surface area contributed by atoms with Crippen LogP contribution >= 0.6 is 0 Å². The molecule has 1 heteroatoms. The van der Waals surface area contributed by atoms with E-state index in [1.807, 2.05) is 0 Å². The van der Waals surface area contributed by atoms with Crippen LogP contribution in [0.1, 0.15) is 41.5 Å². The molecule has 0 aromatic heterocycles. The molecule has 0 N–H and O–H groups in total. The first-order valence-electron chi connectivity index (χ1n) is 5.24. The van der Waals surface area contributed by atoms with Crippen LogP contribution in [0.3, 0.4) is 0 Å². The zero-order valence-electron chi connectivity index (χ0n) is 9.81. The van der Waals surface area contributed by atoms with Crippen LogP contribution in [0.2, 0.25) is 5.54 Å². The fourth-order valence-electron chi connectivity index (χ4n) is 2.10. The third kappa shape index (κ3) is 3.30. The summed E-state index contributed by atoms with van der Waals surface area (Å²) in [6.45, 7) is 14.0. The Morgan fingerprint density at radius 1 is 0.833 bits per heavy atom. The molecule has 0 aromatic rings. The van der Waals surface area contributed by atoms with Crippen molar-refractivity contribution in [3.63, 3.8) is 0 Å². The molecule has 12 heavy (non-hydrogen) atoms. The number of hydrogen-bond acceptors (Lipinski definition) is 0. The Morgan fingerprint density at radius 2 is 1.17 bits per heavy atom. The average molecular weight is 185 g/mol. The van der Waals surface area contributed by atoms with Gasteiger partial charge in [0.1, 0.15) is 0 Å². The smallest absolute Gasteiger partial charge is 0.00781 e. The van der Waals surface area contributed by atoms with E-state index in [0.717, 1.165) is 23.3 Å². The fraction of sp³-hybridized carbons (Fsp3) is 0.909. The van der Waals surface area contributed by atoms with Gasteiger partial charge in [-0.05, 0) is 29.2 Å². The molecule has 1 unspecified atom stereocenters. The van der Waals surface area contributed by atoms with E-state index in [2.05, 4.69) is 41.5 Å². The molecule has 0 bridgehead atoms. The summed E-state index contributed by atoms with van der Waals surface area (Å²) in [6, 6.07) is 0. The summed E-state index contributed by atoms with van der Waals surface area (Å²) in [5, 5.41) is 0. The molecule has 0 amide bonds. The number of hydrogen-bond donors (Lipinski definition) is 0. The van der Waals surface area contributed by atoms with Crippen LogP contribution in [0.4, 0.5) is 0 Å². The lowest BCUT2D eigenvalue weighted by atomic mass is 9.79. The van der Waals surface area contributed by atoms with E-state index in [1.54, 1.807) is 5.92 Å². The second-order valence-corrected chi connectivity index (χ2v) is 6.09. The van der Waals surface area contributed by atoms with Crippen molar-refractivity contribution < 1.29 is 0 Å². The van der Waals surface area contributed by atoms with Crippen molar-refractivity contribution in [3.8, 4) is 0 Å². The van der Waals surface area contributed by atoms with Gasteiger partial charge >= 0.3 is 0 Å². The molecule has 0 rings (SSSR count). The van der Waals surface area contributed by atoms with E-state index >= 15 is 0 Å². The maximum atomic E-state index is 2.35. The van der Waals surface area contributed by atoms with Crippen molar-refractivity contribution in [3.05, 3.63) is 5.92 Å². The number of rotatable bonds is 4. The van der Waals surface area contributed by atoms with E-state index in [9.17, 15) is 0 Å². The molecule has 0 saturated heterocycles. The lowest BCUT2D eigenvalue weighted by Crippen LogP contribution is -2.22. The summed E-state index contributed by atoms with van der Waals surface area (Å²) >= 11 is 0. The topological polar surface area (TPSA) is 0 Å². The Bertz CT molecular complexity index is 108. The van der Waals surface area contributed by atoms with Crippen molar-refractivity contribution in [2.45, 2.75) is 47.1 Å². The van der Waals surface area contributed by atoms with Gasteiger partial charge in [0.25, 0.3) is 0 Å². The lowest BCUT2D eigenvalue weighted by molar-refractivity contribution is 0.429. The van der Waals surface area contributed by atoms with E-state index in [4.69, 9.17) is 0 Å².